The van der Waals surface area contributed by atoms with E-state index in [0.29, 0.717) is 6.41 Å². The van der Waals surface area contributed by atoms with Crippen molar-refractivity contribution in [3.05, 3.63) is 28.8 Å². The predicted octanol–water partition coefficient (Wildman–Crippen LogP) is 1.88. The second-order valence-corrected chi connectivity index (χ2v) is 3.40. The number of nitrogens with two attached hydrogens (primary N) is 1. The molecule has 0 aliphatic carbocycles. The van der Waals surface area contributed by atoms with Crippen molar-refractivity contribution in [3.63, 3.8) is 0 Å². The summed E-state index contributed by atoms with van der Waals surface area (Å²) in [7, 11) is 1.89. The van der Waals surface area contributed by atoms with Crippen molar-refractivity contribution in [2.24, 2.45) is 5.84 Å². The zero-order valence-corrected chi connectivity index (χ0v) is 10.6. The van der Waals surface area contributed by atoms with Gasteiger partial charge in [0, 0.05) is 28.7 Å². The van der Waals surface area contributed by atoms with E-state index in [-0.39, 0.29) is 0 Å². The number of rotatable bonds is 3. The van der Waals surface area contributed by atoms with E-state index in [4.69, 9.17) is 16.4 Å². The van der Waals surface area contributed by atoms with Gasteiger partial charge in [0.15, 0.2) is 0 Å². The second kappa shape index (κ2) is 8.52. The third-order valence-electron chi connectivity index (χ3n) is 1.59. The molecule has 1 amide bonds. The van der Waals surface area contributed by atoms with Crippen molar-refractivity contribution in [2.75, 3.05) is 12.4 Å². The first-order valence-electron chi connectivity index (χ1n) is 4.12. The molecule has 0 atom stereocenters. The Balaban J connectivity index is 0.000000423. The lowest BCUT2D eigenvalue weighted by atomic mass is 10.2. The van der Waals surface area contributed by atoms with E-state index in [0.717, 1.165) is 21.6 Å². The van der Waals surface area contributed by atoms with Crippen molar-refractivity contribution in [3.8, 4) is 0 Å². The van der Waals surface area contributed by atoms with E-state index in [1.54, 1.807) is 5.43 Å². The predicted molar refractivity (Wildman–Crippen MR) is 67.0 cm³/mol. The Morgan fingerprint density at radius 1 is 1.60 bits per heavy atom. The van der Waals surface area contributed by atoms with Gasteiger partial charge in [0.2, 0.25) is 6.41 Å². The molecule has 15 heavy (non-hydrogen) atoms. The molecule has 0 fully saturated rings. The van der Waals surface area contributed by atoms with Gasteiger partial charge in [-0.15, -0.1) is 0 Å². The Morgan fingerprint density at radius 2 is 2.20 bits per heavy atom. The Hall–Kier alpha value is -0.780. The van der Waals surface area contributed by atoms with Gasteiger partial charge in [-0.05, 0) is 12.1 Å². The number of nitrogens with one attached hydrogen (secondary N) is 2. The van der Waals surface area contributed by atoms with Crippen LogP contribution < -0.4 is 16.6 Å². The lowest BCUT2D eigenvalue weighted by molar-refractivity contribution is -0.109. The molecular formula is C9H13BrClN3O. The van der Waals surface area contributed by atoms with Gasteiger partial charge in [0.25, 0.3) is 0 Å². The average Bonchev–Trinajstić information content (AvgIpc) is 2.29. The monoisotopic (exact) mass is 293 g/mol. The summed E-state index contributed by atoms with van der Waals surface area (Å²) in [6, 6.07) is 5.82. The summed E-state index contributed by atoms with van der Waals surface area (Å²) in [6.45, 7) is 0. The van der Waals surface area contributed by atoms with Crippen molar-refractivity contribution >= 4 is 39.6 Å². The van der Waals surface area contributed by atoms with E-state index in [1.165, 1.54) is 0 Å². The maximum absolute atomic E-state index is 8.94. The summed E-state index contributed by atoms with van der Waals surface area (Å²) in [4.78, 5) is 8.94. The van der Waals surface area contributed by atoms with Gasteiger partial charge in [-0.3, -0.25) is 10.2 Å². The number of anilines is 1. The lowest BCUT2D eigenvalue weighted by Gasteiger charge is -2.07. The van der Waals surface area contributed by atoms with Crippen LogP contribution in [0.5, 0.6) is 0 Å². The van der Waals surface area contributed by atoms with Gasteiger partial charge >= 0.3 is 0 Å². The van der Waals surface area contributed by atoms with Gasteiger partial charge in [-0.2, -0.15) is 0 Å². The topological polar surface area (TPSA) is 67.2 Å². The first kappa shape index (κ1) is 14.2. The Kier molecular flexibility index (Phi) is 8.08. The van der Waals surface area contributed by atoms with Crippen molar-refractivity contribution in [1.29, 1.82) is 0 Å². The van der Waals surface area contributed by atoms with Crippen molar-refractivity contribution in [2.45, 2.75) is 5.33 Å². The number of hydrogen-bond donors (Lipinski definition) is 3. The maximum Gasteiger partial charge on any atom is 0.221 e. The molecule has 0 aromatic heterocycles. The van der Waals surface area contributed by atoms with Crippen LogP contribution in [0.1, 0.15) is 5.56 Å². The van der Waals surface area contributed by atoms with Gasteiger partial charge in [0.05, 0.1) is 0 Å². The van der Waals surface area contributed by atoms with E-state index >= 15 is 0 Å². The highest BCUT2D eigenvalue weighted by Crippen LogP contribution is 2.25. The highest BCUT2D eigenvalue weighted by atomic mass is 79.9. The van der Waals surface area contributed by atoms with E-state index in [9.17, 15) is 0 Å². The van der Waals surface area contributed by atoms with Crippen molar-refractivity contribution in [1.82, 2.24) is 5.43 Å². The van der Waals surface area contributed by atoms with Gasteiger partial charge < -0.3 is 5.32 Å². The number of halogens is 2. The van der Waals surface area contributed by atoms with Crippen LogP contribution in [0.4, 0.5) is 5.69 Å². The summed E-state index contributed by atoms with van der Waals surface area (Å²) >= 11 is 9.31. The molecule has 0 radical (unpaired) electrons. The number of hydrazine groups is 1. The summed E-state index contributed by atoms with van der Waals surface area (Å²) in [5, 5.41) is 4.65. The molecule has 1 aromatic rings. The minimum Gasteiger partial charge on any atom is -0.388 e. The number of carbonyl (C=O) groups excluding carboxylic acids is 1. The third kappa shape index (κ3) is 5.01. The third-order valence-corrected chi connectivity index (χ3v) is 2.50. The number of alkyl halides is 1. The van der Waals surface area contributed by atoms with E-state index in [1.807, 2.05) is 25.2 Å². The first-order valence-corrected chi connectivity index (χ1v) is 5.62. The molecule has 4 N–H and O–H groups in total. The van der Waals surface area contributed by atoms with Gasteiger partial charge in [0.1, 0.15) is 0 Å². The smallest absolute Gasteiger partial charge is 0.221 e. The summed E-state index contributed by atoms with van der Waals surface area (Å²) in [6.07, 6.45) is 0.403. The number of carbonyl (C=O) groups is 1. The zero-order chi connectivity index (χ0) is 11.7. The molecule has 6 heteroatoms. The molecule has 0 aliphatic heterocycles. The zero-order valence-electron chi connectivity index (χ0n) is 8.26. The van der Waals surface area contributed by atoms with Crippen LogP contribution in [-0.4, -0.2) is 13.5 Å². The van der Waals surface area contributed by atoms with Crippen LogP contribution in [0.25, 0.3) is 0 Å². The molecule has 0 unspecified atom stereocenters. The second-order valence-electron chi connectivity index (χ2n) is 2.43. The largest absolute Gasteiger partial charge is 0.388 e. The average molecular weight is 295 g/mol. The molecule has 1 rings (SSSR count). The minimum absolute atomic E-state index is 0.403. The summed E-state index contributed by atoms with van der Waals surface area (Å²) in [5.41, 5.74) is 3.94. The molecule has 0 saturated heterocycles. The highest BCUT2D eigenvalue weighted by molar-refractivity contribution is 9.08. The summed E-state index contributed by atoms with van der Waals surface area (Å²) in [5.74, 6) is 4.41. The molecule has 0 spiro atoms. The quantitative estimate of drug-likeness (QED) is 0.262. The van der Waals surface area contributed by atoms with Crippen LogP contribution in [0.3, 0.4) is 0 Å². The molecule has 0 bridgehead atoms. The molecule has 0 heterocycles. The highest BCUT2D eigenvalue weighted by Gasteiger charge is 2.02. The molecule has 1 aromatic carbocycles. The standard InChI is InChI=1S/C8H9BrClN.CH4N2O/c1-11-8-4-2-3-7(10)6(8)5-9;2-3-1-4/h2-4,11H,5H2,1H3;1H,2H2,(H,3,4). The SMILES string of the molecule is CNc1cccc(Cl)c1CBr.NNC=O. The number of hydrogen-bond acceptors (Lipinski definition) is 3. The Morgan fingerprint density at radius 3 is 2.53 bits per heavy atom. The van der Waals surface area contributed by atoms with Gasteiger partial charge in [-0.25, -0.2) is 5.84 Å². The van der Waals surface area contributed by atoms with Crippen LogP contribution >= 0.6 is 27.5 Å². The van der Waals surface area contributed by atoms with E-state index in [2.05, 4.69) is 27.1 Å². The van der Waals surface area contributed by atoms with Crippen LogP contribution in [0.2, 0.25) is 5.02 Å². The lowest BCUT2D eigenvalue weighted by Crippen LogP contribution is -2.18. The fourth-order valence-corrected chi connectivity index (χ4v) is 1.94. The van der Waals surface area contributed by atoms with Crippen LogP contribution in [-0.2, 0) is 10.1 Å². The molecule has 4 nitrogen and oxygen atoms in total. The number of benzene rings is 1. The van der Waals surface area contributed by atoms with Gasteiger partial charge in [-0.1, -0.05) is 33.6 Å². The van der Waals surface area contributed by atoms with Crippen molar-refractivity contribution < 1.29 is 4.79 Å². The fourth-order valence-electron chi connectivity index (χ4n) is 0.929. The normalized spacial score (nSPS) is 8.53. The fraction of sp³-hybridized carbons (Fsp3) is 0.222. The Bertz CT molecular complexity index is 309. The van der Waals surface area contributed by atoms with Crippen LogP contribution in [0, 0.1) is 0 Å². The van der Waals surface area contributed by atoms with Crippen LogP contribution in [0.15, 0.2) is 18.2 Å². The Labute approximate surface area is 102 Å². The molecule has 84 valence electrons. The molecule has 0 aliphatic rings. The maximum atomic E-state index is 8.94. The number of amides is 1. The van der Waals surface area contributed by atoms with E-state index < -0.39 is 0 Å². The first-order chi connectivity index (χ1) is 7.21. The molecule has 0 saturated carbocycles. The minimum atomic E-state index is 0.403. The summed E-state index contributed by atoms with van der Waals surface area (Å²) < 4.78 is 0. The molecular weight excluding hydrogens is 281 g/mol.